The molecule has 1 aromatic heterocycles. The maximum atomic E-state index is 11.4. The van der Waals surface area contributed by atoms with E-state index in [4.69, 9.17) is 11.5 Å². The third-order valence-corrected chi connectivity index (χ3v) is 3.67. The molecule has 1 saturated heterocycles. The van der Waals surface area contributed by atoms with Gasteiger partial charge >= 0.3 is 0 Å². The number of carbonyl (C=O) groups excluding carboxylic acids is 1. The van der Waals surface area contributed by atoms with E-state index in [0.29, 0.717) is 18.4 Å². The second kappa shape index (κ2) is 5.94. The van der Waals surface area contributed by atoms with Crippen molar-refractivity contribution in [2.75, 3.05) is 29.0 Å². The Hall–Kier alpha value is -2.05. The molecule has 0 saturated carbocycles. The fourth-order valence-corrected chi connectivity index (χ4v) is 2.53. The minimum atomic E-state index is -0.254. The van der Waals surface area contributed by atoms with Crippen molar-refractivity contribution in [1.29, 1.82) is 0 Å². The average Bonchev–Trinajstić information content (AvgIpc) is 2.38. The summed E-state index contributed by atoms with van der Waals surface area (Å²) in [4.78, 5) is 21.9. The highest BCUT2D eigenvalue weighted by Gasteiger charge is 2.29. The molecule has 2 atom stereocenters. The number of nitrogens with zero attached hydrogens (tertiary/aromatic N) is 3. The first kappa shape index (κ1) is 14.4. The predicted molar refractivity (Wildman–Crippen MR) is 79.3 cm³/mol. The molecule has 1 aliphatic rings. The highest BCUT2D eigenvalue weighted by molar-refractivity contribution is 5.77. The zero-order valence-electron chi connectivity index (χ0n) is 12.0. The van der Waals surface area contributed by atoms with Gasteiger partial charge in [-0.3, -0.25) is 4.79 Å². The number of piperidine rings is 1. The minimum absolute atomic E-state index is 0.134. The van der Waals surface area contributed by atoms with Crippen LogP contribution in [-0.4, -0.2) is 35.0 Å². The van der Waals surface area contributed by atoms with Crippen molar-refractivity contribution in [2.24, 2.45) is 11.7 Å². The lowest BCUT2D eigenvalue weighted by molar-refractivity contribution is -0.122. The summed E-state index contributed by atoms with van der Waals surface area (Å²) in [6, 6.07) is 2.16. The molecule has 1 amide bonds. The number of aromatic nitrogens is 2. The van der Waals surface area contributed by atoms with E-state index >= 15 is 0 Å². The van der Waals surface area contributed by atoms with Crippen LogP contribution in [0.15, 0.2) is 6.07 Å². The monoisotopic (exact) mass is 278 g/mol. The number of primary amides is 1. The Bertz CT molecular complexity index is 492. The van der Waals surface area contributed by atoms with Gasteiger partial charge in [0.05, 0.1) is 5.92 Å². The smallest absolute Gasteiger partial charge is 0.223 e. The molecule has 2 heterocycles. The molecule has 0 aromatic carbocycles. The fraction of sp³-hybridized carbons (Fsp3) is 0.615. The van der Waals surface area contributed by atoms with E-state index in [9.17, 15) is 4.79 Å². The lowest BCUT2D eigenvalue weighted by Gasteiger charge is -2.37. The summed E-state index contributed by atoms with van der Waals surface area (Å²) < 4.78 is 0. The van der Waals surface area contributed by atoms with Crippen molar-refractivity contribution in [3.63, 3.8) is 0 Å². The van der Waals surface area contributed by atoms with Crippen molar-refractivity contribution in [2.45, 2.75) is 32.7 Å². The van der Waals surface area contributed by atoms with E-state index < -0.39 is 0 Å². The molecule has 0 spiro atoms. The molecular formula is C13H22N6O. The largest absolute Gasteiger partial charge is 0.370 e. The number of rotatable bonds is 4. The van der Waals surface area contributed by atoms with Crippen LogP contribution in [0.25, 0.3) is 0 Å². The normalized spacial score (nSPS) is 22.6. The van der Waals surface area contributed by atoms with Crippen molar-refractivity contribution in [1.82, 2.24) is 9.97 Å². The summed E-state index contributed by atoms with van der Waals surface area (Å²) in [7, 11) is 0. The van der Waals surface area contributed by atoms with E-state index in [1.807, 2.05) is 13.0 Å². The van der Waals surface area contributed by atoms with Gasteiger partial charge in [-0.15, -0.1) is 0 Å². The number of hydrogen-bond acceptors (Lipinski definition) is 6. The number of nitrogens with two attached hydrogens (primary N) is 2. The predicted octanol–water partition coefficient (Wildman–Crippen LogP) is 0.581. The number of anilines is 3. The molecule has 7 nitrogen and oxygen atoms in total. The van der Waals surface area contributed by atoms with Gasteiger partial charge in [-0.1, -0.05) is 0 Å². The molecule has 0 aliphatic carbocycles. The minimum Gasteiger partial charge on any atom is -0.370 e. The third-order valence-electron chi connectivity index (χ3n) is 3.67. The standard InChI is InChI=1S/C13H22N6O/c1-3-16-10-6-11(18-13(15)17-10)19-7-9(12(14)20)5-4-8(19)2/h6,8-9H,3-5,7H2,1-2H3,(H2,14,20)(H3,15,16,17,18). The number of amides is 1. The van der Waals surface area contributed by atoms with E-state index in [-0.39, 0.29) is 17.8 Å². The number of nitrogen functional groups attached to an aromatic ring is 1. The van der Waals surface area contributed by atoms with Crippen LogP contribution in [0.4, 0.5) is 17.6 Å². The molecule has 2 unspecified atom stereocenters. The van der Waals surface area contributed by atoms with Crippen LogP contribution in [-0.2, 0) is 4.79 Å². The van der Waals surface area contributed by atoms with Crippen LogP contribution < -0.4 is 21.7 Å². The highest BCUT2D eigenvalue weighted by atomic mass is 16.1. The first-order valence-electron chi connectivity index (χ1n) is 6.95. The molecule has 1 aliphatic heterocycles. The molecule has 7 heteroatoms. The SMILES string of the molecule is CCNc1cc(N2CC(C(N)=O)CCC2C)nc(N)n1. The molecule has 1 fully saturated rings. The molecule has 0 radical (unpaired) electrons. The molecule has 110 valence electrons. The summed E-state index contributed by atoms with van der Waals surface area (Å²) in [5.74, 6) is 1.28. The Labute approximate surface area is 118 Å². The van der Waals surface area contributed by atoms with Crippen LogP contribution in [0.3, 0.4) is 0 Å². The van der Waals surface area contributed by atoms with Crippen LogP contribution in [0.5, 0.6) is 0 Å². The molecule has 0 bridgehead atoms. The fourth-order valence-electron chi connectivity index (χ4n) is 2.53. The maximum absolute atomic E-state index is 11.4. The van der Waals surface area contributed by atoms with E-state index in [1.54, 1.807) is 0 Å². The summed E-state index contributed by atoms with van der Waals surface area (Å²) in [5, 5.41) is 3.13. The van der Waals surface area contributed by atoms with E-state index in [1.165, 1.54) is 0 Å². The van der Waals surface area contributed by atoms with Gasteiger partial charge in [0.1, 0.15) is 11.6 Å². The van der Waals surface area contributed by atoms with Gasteiger partial charge in [0.15, 0.2) is 0 Å². The number of carbonyl (C=O) groups is 1. The summed E-state index contributed by atoms with van der Waals surface area (Å²) >= 11 is 0. The highest BCUT2D eigenvalue weighted by Crippen LogP contribution is 2.27. The Morgan fingerprint density at radius 1 is 1.50 bits per heavy atom. The van der Waals surface area contributed by atoms with Gasteiger partial charge in [0.2, 0.25) is 11.9 Å². The Morgan fingerprint density at radius 3 is 2.90 bits per heavy atom. The van der Waals surface area contributed by atoms with Crippen molar-refractivity contribution in [3.8, 4) is 0 Å². The van der Waals surface area contributed by atoms with E-state index in [0.717, 1.165) is 25.2 Å². The quantitative estimate of drug-likeness (QED) is 0.743. The van der Waals surface area contributed by atoms with Crippen LogP contribution in [0, 0.1) is 5.92 Å². The number of hydrogen-bond donors (Lipinski definition) is 3. The zero-order valence-corrected chi connectivity index (χ0v) is 12.0. The molecule has 1 aromatic rings. The first-order chi connectivity index (χ1) is 9.51. The topological polar surface area (TPSA) is 110 Å². The Morgan fingerprint density at radius 2 is 2.25 bits per heavy atom. The maximum Gasteiger partial charge on any atom is 0.223 e. The second-order valence-corrected chi connectivity index (χ2v) is 5.18. The molecule has 20 heavy (non-hydrogen) atoms. The molecule has 5 N–H and O–H groups in total. The number of nitrogens with one attached hydrogen (secondary N) is 1. The third kappa shape index (κ3) is 3.09. The van der Waals surface area contributed by atoms with Gasteiger partial charge < -0.3 is 21.7 Å². The van der Waals surface area contributed by atoms with Gasteiger partial charge in [0, 0.05) is 25.2 Å². The van der Waals surface area contributed by atoms with Crippen molar-refractivity contribution in [3.05, 3.63) is 6.07 Å². The first-order valence-corrected chi connectivity index (χ1v) is 6.95. The van der Waals surface area contributed by atoms with E-state index in [2.05, 4.69) is 27.1 Å². The van der Waals surface area contributed by atoms with Crippen LogP contribution >= 0.6 is 0 Å². The molecular weight excluding hydrogens is 256 g/mol. The van der Waals surface area contributed by atoms with Crippen LogP contribution in [0.1, 0.15) is 26.7 Å². The van der Waals surface area contributed by atoms with Gasteiger partial charge in [-0.2, -0.15) is 9.97 Å². The summed E-state index contributed by atoms with van der Waals surface area (Å²) in [6.07, 6.45) is 1.74. The van der Waals surface area contributed by atoms with Crippen molar-refractivity contribution < 1.29 is 4.79 Å². The molecule has 2 rings (SSSR count). The Balaban J connectivity index is 2.26. The second-order valence-electron chi connectivity index (χ2n) is 5.18. The lowest BCUT2D eigenvalue weighted by Crippen LogP contribution is -2.46. The van der Waals surface area contributed by atoms with Gasteiger partial charge in [0.25, 0.3) is 0 Å². The Kier molecular flexibility index (Phi) is 4.26. The average molecular weight is 278 g/mol. The van der Waals surface area contributed by atoms with Crippen molar-refractivity contribution >= 4 is 23.5 Å². The zero-order chi connectivity index (χ0) is 14.7. The summed E-state index contributed by atoms with van der Waals surface area (Å²) in [5.41, 5.74) is 11.2. The van der Waals surface area contributed by atoms with Gasteiger partial charge in [-0.05, 0) is 26.7 Å². The lowest BCUT2D eigenvalue weighted by atomic mass is 9.93. The van der Waals surface area contributed by atoms with Gasteiger partial charge in [-0.25, -0.2) is 0 Å². The van der Waals surface area contributed by atoms with Crippen LogP contribution in [0.2, 0.25) is 0 Å². The summed E-state index contributed by atoms with van der Waals surface area (Å²) in [6.45, 7) is 5.45.